The van der Waals surface area contributed by atoms with Crippen molar-refractivity contribution in [3.63, 3.8) is 0 Å². The van der Waals surface area contributed by atoms with Crippen LogP contribution in [0.2, 0.25) is 0 Å². The van der Waals surface area contributed by atoms with Crippen molar-refractivity contribution in [3.8, 4) is 5.69 Å². The molecule has 0 spiro atoms. The number of alkyl halides is 3. The standard InChI is InChI=1S/C16H16F3N3O3/c1-15(2,3)21-13(23)9-4-6-10(7-5-9)22-12(16(17,18)19)11(8-20-22)14(24)25/h4-8H,1-3H3,(H,21,23)(H,24,25). The topological polar surface area (TPSA) is 84.2 Å². The number of carboxylic acid groups (broad SMARTS) is 1. The number of aromatic nitrogens is 2. The molecule has 0 saturated heterocycles. The van der Waals surface area contributed by atoms with Crippen molar-refractivity contribution in [3.05, 3.63) is 47.3 Å². The Labute approximate surface area is 141 Å². The van der Waals surface area contributed by atoms with E-state index in [1.54, 1.807) is 20.8 Å². The van der Waals surface area contributed by atoms with Gasteiger partial charge in [-0.1, -0.05) is 0 Å². The third-order valence-electron chi connectivity index (χ3n) is 3.13. The third-order valence-corrected chi connectivity index (χ3v) is 3.13. The van der Waals surface area contributed by atoms with E-state index in [9.17, 15) is 22.8 Å². The number of carboxylic acids is 1. The highest BCUT2D eigenvalue weighted by Gasteiger charge is 2.40. The first-order valence-corrected chi connectivity index (χ1v) is 7.21. The van der Waals surface area contributed by atoms with Crippen molar-refractivity contribution in [1.29, 1.82) is 0 Å². The quantitative estimate of drug-likeness (QED) is 0.886. The van der Waals surface area contributed by atoms with E-state index in [0.717, 1.165) is 0 Å². The van der Waals surface area contributed by atoms with Crippen LogP contribution in [0.1, 0.15) is 47.2 Å². The van der Waals surface area contributed by atoms with Crippen LogP contribution in [-0.2, 0) is 6.18 Å². The minimum absolute atomic E-state index is 0.00728. The Morgan fingerprint density at radius 3 is 2.12 bits per heavy atom. The molecule has 134 valence electrons. The minimum atomic E-state index is -4.90. The van der Waals surface area contributed by atoms with E-state index in [1.165, 1.54) is 24.3 Å². The molecule has 9 heteroatoms. The lowest BCUT2D eigenvalue weighted by Gasteiger charge is -2.20. The molecule has 0 unspecified atom stereocenters. The number of hydrogen-bond acceptors (Lipinski definition) is 3. The van der Waals surface area contributed by atoms with Gasteiger partial charge >= 0.3 is 12.1 Å². The number of nitrogens with one attached hydrogen (secondary N) is 1. The molecule has 0 atom stereocenters. The second-order valence-electron chi connectivity index (χ2n) is 6.37. The molecular weight excluding hydrogens is 339 g/mol. The molecule has 0 aliphatic carbocycles. The smallest absolute Gasteiger partial charge is 0.434 e. The van der Waals surface area contributed by atoms with Gasteiger partial charge in [-0.2, -0.15) is 18.3 Å². The number of carbonyl (C=O) groups excluding carboxylic acids is 1. The lowest BCUT2D eigenvalue weighted by molar-refractivity contribution is -0.143. The van der Waals surface area contributed by atoms with Crippen molar-refractivity contribution in [2.24, 2.45) is 0 Å². The Morgan fingerprint density at radius 1 is 1.12 bits per heavy atom. The van der Waals surface area contributed by atoms with Crippen LogP contribution in [0.4, 0.5) is 13.2 Å². The summed E-state index contributed by atoms with van der Waals surface area (Å²) in [5.41, 5.74) is -2.53. The van der Waals surface area contributed by atoms with Gasteiger partial charge in [0.1, 0.15) is 5.56 Å². The summed E-state index contributed by atoms with van der Waals surface area (Å²) in [6.45, 7) is 5.39. The van der Waals surface area contributed by atoms with Gasteiger partial charge in [-0.05, 0) is 45.0 Å². The zero-order valence-electron chi connectivity index (χ0n) is 13.7. The summed E-state index contributed by atoms with van der Waals surface area (Å²) in [5, 5.41) is 15.2. The van der Waals surface area contributed by atoms with Gasteiger partial charge in [0, 0.05) is 11.1 Å². The summed E-state index contributed by atoms with van der Waals surface area (Å²) in [5.74, 6) is -2.10. The Hall–Kier alpha value is -2.84. The van der Waals surface area contributed by atoms with E-state index in [1.807, 2.05) is 0 Å². The Bertz CT molecular complexity index is 803. The zero-order valence-corrected chi connectivity index (χ0v) is 13.7. The predicted molar refractivity (Wildman–Crippen MR) is 82.7 cm³/mol. The predicted octanol–water partition coefficient (Wildman–Crippen LogP) is 3.12. The number of aromatic carboxylic acids is 1. The molecule has 1 amide bonds. The molecule has 0 saturated carbocycles. The molecule has 0 bridgehead atoms. The van der Waals surface area contributed by atoms with Crippen LogP contribution in [0.15, 0.2) is 30.5 Å². The van der Waals surface area contributed by atoms with Gasteiger partial charge in [0.2, 0.25) is 0 Å². The fourth-order valence-electron chi connectivity index (χ4n) is 2.14. The maximum absolute atomic E-state index is 13.2. The van der Waals surface area contributed by atoms with Crippen molar-refractivity contribution in [1.82, 2.24) is 15.1 Å². The number of amides is 1. The van der Waals surface area contributed by atoms with E-state index in [2.05, 4.69) is 10.4 Å². The second kappa shape index (κ2) is 6.23. The molecule has 0 aliphatic heterocycles. The molecule has 1 aromatic carbocycles. The number of carbonyl (C=O) groups is 2. The van der Waals surface area contributed by atoms with Crippen LogP contribution in [-0.4, -0.2) is 32.3 Å². The molecule has 25 heavy (non-hydrogen) atoms. The highest BCUT2D eigenvalue weighted by molar-refractivity contribution is 5.94. The monoisotopic (exact) mass is 355 g/mol. The molecule has 0 fully saturated rings. The molecule has 1 aromatic heterocycles. The molecule has 1 heterocycles. The van der Waals surface area contributed by atoms with Gasteiger partial charge in [0.15, 0.2) is 5.69 Å². The zero-order chi connectivity index (χ0) is 19.0. The van der Waals surface area contributed by atoms with E-state index >= 15 is 0 Å². The average molecular weight is 355 g/mol. The van der Waals surface area contributed by atoms with Crippen LogP contribution in [0.25, 0.3) is 5.69 Å². The Morgan fingerprint density at radius 2 is 1.68 bits per heavy atom. The molecule has 6 nitrogen and oxygen atoms in total. The Balaban J connectivity index is 2.41. The lowest BCUT2D eigenvalue weighted by Crippen LogP contribution is -2.40. The van der Waals surface area contributed by atoms with Gasteiger partial charge in [-0.15, -0.1) is 0 Å². The van der Waals surface area contributed by atoms with Crippen LogP contribution in [0.5, 0.6) is 0 Å². The fraction of sp³-hybridized carbons (Fsp3) is 0.312. The number of benzene rings is 1. The van der Waals surface area contributed by atoms with Crippen LogP contribution in [0, 0.1) is 0 Å². The fourth-order valence-corrected chi connectivity index (χ4v) is 2.14. The first-order chi connectivity index (χ1) is 11.4. The van der Waals surface area contributed by atoms with Gasteiger partial charge in [0.25, 0.3) is 5.91 Å². The number of hydrogen-bond donors (Lipinski definition) is 2. The number of halogens is 3. The second-order valence-corrected chi connectivity index (χ2v) is 6.37. The van der Waals surface area contributed by atoms with Crippen molar-refractivity contribution >= 4 is 11.9 Å². The van der Waals surface area contributed by atoms with Crippen molar-refractivity contribution in [2.75, 3.05) is 0 Å². The molecule has 0 radical (unpaired) electrons. The molecule has 0 aliphatic rings. The first kappa shape index (κ1) is 18.5. The highest BCUT2D eigenvalue weighted by atomic mass is 19.4. The van der Waals surface area contributed by atoms with Gasteiger partial charge < -0.3 is 10.4 Å². The summed E-state index contributed by atoms with van der Waals surface area (Å²) in [6.07, 6.45) is -4.25. The molecule has 2 rings (SSSR count). The summed E-state index contributed by atoms with van der Waals surface area (Å²) in [6, 6.07) is 5.23. The summed E-state index contributed by atoms with van der Waals surface area (Å²) < 4.78 is 40.1. The van der Waals surface area contributed by atoms with E-state index < -0.39 is 28.9 Å². The molecule has 2 aromatic rings. The van der Waals surface area contributed by atoms with E-state index in [0.29, 0.717) is 10.9 Å². The minimum Gasteiger partial charge on any atom is -0.478 e. The van der Waals surface area contributed by atoms with Crippen LogP contribution in [0.3, 0.4) is 0 Å². The van der Waals surface area contributed by atoms with Crippen molar-refractivity contribution in [2.45, 2.75) is 32.5 Å². The third kappa shape index (κ3) is 4.17. The van der Waals surface area contributed by atoms with Gasteiger partial charge in [-0.3, -0.25) is 4.79 Å². The molecular formula is C16H16F3N3O3. The number of nitrogens with zero attached hydrogens (tertiary/aromatic N) is 2. The maximum atomic E-state index is 13.2. The van der Waals surface area contributed by atoms with Gasteiger partial charge in [-0.25, -0.2) is 9.48 Å². The van der Waals surface area contributed by atoms with Gasteiger partial charge in [0.05, 0.1) is 11.9 Å². The first-order valence-electron chi connectivity index (χ1n) is 7.21. The largest absolute Gasteiger partial charge is 0.478 e. The van der Waals surface area contributed by atoms with E-state index in [-0.39, 0.29) is 17.2 Å². The number of rotatable bonds is 3. The van der Waals surface area contributed by atoms with E-state index in [4.69, 9.17) is 5.11 Å². The normalized spacial score (nSPS) is 12.1. The summed E-state index contributed by atoms with van der Waals surface area (Å²) in [4.78, 5) is 23.0. The molecule has 2 N–H and O–H groups in total. The maximum Gasteiger partial charge on any atom is 0.434 e. The lowest BCUT2D eigenvalue weighted by atomic mass is 10.1. The summed E-state index contributed by atoms with van der Waals surface area (Å²) >= 11 is 0. The average Bonchev–Trinajstić information content (AvgIpc) is 2.90. The van der Waals surface area contributed by atoms with Crippen LogP contribution < -0.4 is 5.32 Å². The van der Waals surface area contributed by atoms with Crippen LogP contribution >= 0.6 is 0 Å². The SMILES string of the molecule is CC(C)(C)NC(=O)c1ccc(-n2ncc(C(=O)O)c2C(F)(F)F)cc1. The van der Waals surface area contributed by atoms with Crippen molar-refractivity contribution < 1.29 is 27.9 Å². The highest BCUT2D eigenvalue weighted by Crippen LogP contribution is 2.33. The summed E-state index contributed by atoms with van der Waals surface area (Å²) in [7, 11) is 0. The Kier molecular flexibility index (Phi) is 4.61.